The van der Waals surface area contributed by atoms with Gasteiger partial charge in [-0.15, -0.1) is 0 Å². The standard InChI is InChI=1S/C65H46N2O/c1-43-51(48-36-40-64-58(42-48)55-25-10-13-32-63(55)68-64)26-16-31-59(43)66(60-29-11-8-23-53(60)56-28-15-20-46-19-14-27-52(65(46)56)45-17-4-2-5-18-45)50-37-33-44(34-38-50)47-35-39-62-57(41-47)54-24-9-12-30-61(54)67(62)49-21-6-3-7-22-49/h2-43,59H,1H3. The molecule has 0 saturated carbocycles. The molecule has 0 amide bonds. The van der Waals surface area contributed by atoms with Crippen molar-refractivity contribution in [1.29, 1.82) is 0 Å². The van der Waals surface area contributed by atoms with Crippen LogP contribution in [0.1, 0.15) is 12.5 Å². The fraction of sp³-hybridized carbons (Fsp3) is 0.0462. The van der Waals surface area contributed by atoms with Crippen LogP contribution in [0.2, 0.25) is 0 Å². The predicted molar refractivity (Wildman–Crippen MR) is 287 cm³/mol. The van der Waals surface area contributed by atoms with Gasteiger partial charge in [0.2, 0.25) is 0 Å². The van der Waals surface area contributed by atoms with Gasteiger partial charge in [0.25, 0.3) is 0 Å². The number of anilines is 2. The third kappa shape index (κ3) is 6.58. The summed E-state index contributed by atoms with van der Waals surface area (Å²) in [5.74, 6) is 0.125. The normalized spacial score (nSPS) is 14.9. The van der Waals surface area contributed by atoms with Gasteiger partial charge in [0.1, 0.15) is 11.2 Å². The maximum Gasteiger partial charge on any atom is 0.135 e. The van der Waals surface area contributed by atoms with Crippen molar-refractivity contribution in [3.63, 3.8) is 0 Å². The van der Waals surface area contributed by atoms with Crippen molar-refractivity contribution in [3.05, 3.63) is 254 Å². The van der Waals surface area contributed by atoms with Gasteiger partial charge in [-0.3, -0.25) is 0 Å². The Hall–Kier alpha value is -8.66. The van der Waals surface area contributed by atoms with Crippen LogP contribution < -0.4 is 4.90 Å². The molecule has 0 spiro atoms. The number of benzene rings is 10. The fourth-order valence-corrected chi connectivity index (χ4v) is 11.0. The summed E-state index contributed by atoms with van der Waals surface area (Å²) >= 11 is 0. The molecule has 2 aromatic heterocycles. The molecule has 0 N–H and O–H groups in total. The molecule has 2 atom stereocenters. The molecule has 68 heavy (non-hydrogen) atoms. The average Bonchev–Trinajstić information content (AvgIpc) is 3.95. The summed E-state index contributed by atoms with van der Waals surface area (Å²) in [6.45, 7) is 2.38. The molecule has 0 bridgehead atoms. The van der Waals surface area contributed by atoms with Gasteiger partial charge in [0, 0.05) is 50.1 Å². The van der Waals surface area contributed by atoms with Crippen LogP contribution in [0.3, 0.4) is 0 Å². The highest BCUT2D eigenvalue weighted by Gasteiger charge is 2.31. The number of para-hydroxylation sites is 4. The van der Waals surface area contributed by atoms with E-state index < -0.39 is 0 Å². The molecule has 0 aliphatic heterocycles. The number of hydrogen-bond acceptors (Lipinski definition) is 2. The summed E-state index contributed by atoms with van der Waals surface area (Å²) in [6.07, 6.45) is 6.95. The summed E-state index contributed by atoms with van der Waals surface area (Å²) in [7, 11) is 0. The number of aromatic nitrogens is 1. The van der Waals surface area contributed by atoms with E-state index in [1.807, 2.05) is 6.07 Å². The quantitative estimate of drug-likeness (QED) is 0.152. The van der Waals surface area contributed by atoms with E-state index in [1.54, 1.807) is 0 Å². The van der Waals surface area contributed by atoms with E-state index in [1.165, 1.54) is 77.1 Å². The molecule has 0 saturated heterocycles. The zero-order valence-corrected chi connectivity index (χ0v) is 37.6. The SMILES string of the molecule is CC1C(c2ccc3oc4ccccc4c3c2)=CC=CC1N(c1ccc(-c2ccc3c(c2)c2ccccc2n3-c2ccccc2)cc1)c1ccccc1-c1cccc2cccc(-c3ccccc3)c12. The molecule has 1 aliphatic rings. The first-order valence-corrected chi connectivity index (χ1v) is 23.6. The molecule has 2 heterocycles. The maximum atomic E-state index is 6.28. The zero-order chi connectivity index (χ0) is 45.1. The van der Waals surface area contributed by atoms with Crippen molar-refractivity contribution < 1.29 is 4.42 Å². The largest absolute Gasteiger partial charge is 0.456 e. The van der Waals surface area contributed by atoms with E-state index in [2.05, 4.69) is 259 Å². The van der Waals surface area contributed by atoms with Crippen LogP contribution in [0.4, 0.5) is 11.4 Å². The molecule has 3 heteroatoms. The van der Waals surface area contributed by atoms with Crippen LogP contribution in [0.15, 0.2) is 253 Å². The molecule has 10 aromatic carbocycles. The lowest BCUT2D eigenvalue weighted by atomic mass is 9.82. The smallest absolute Gasteiger partial charge is 0.135 e. The fourth-order valence-electron chi connectivity index (χ4n) is 11.0. The first kappa shape index (κ1) is 39.7. The molecule has 13 rings (SSSR count). The van der Waals surface area contributed by atoms with Crippen LogP contribution >= 0.6 is 0 Å². The van der Waals surface area contributed by atoms with Crippen molar-refractivity contribution >= 4 is 71.5 Å². The summed E-state index contributed by atoms with van der Waals surface area (Å²) < 4.78 is 8.65. The van der Waals surface area contributed by atoms with Crippen LogP contribution in [0.5, 0.6) is 0 Å². The Morgan fingerprint density at radius 1 is 0.441 bits per heavy atom. The molecule has 2 unspecified atom stereocenters. The number of nitrogens with zero attached hydrogens (tertiary/aromatic N) is 2. The maximum absolute atomic E-state index is 6.28. The lowest BCUT2D eigenvalue weighted by Crippen LogP contribution is -2.37. The molecule has 0 fully saturated rings. The van der Waals surface area contributed by atoms with E-state index in [9.17, 15) is 0 Å². The van der Waals surface area contributed by atoms with Gasteiger partial charge in [-0.25, -0.2) is 0 Å². The monoisotopic (exact) mass is 870 g/mol. The van der Waals surface area contributed by atoms with Gasteiger partial charge < -0.3 is 13.9 Å². The topological polar surface area (TPSA) is 21.3 Å². The van der Waals surface area contributed by atoms with E-state index in [4.69, 9.17) is 4.42 Å². The third-order valence-corrected chi connectivity index (χ3v) is 14.2. The minimum Gasteiger partial charge on any atom is -0.456 e. The average molecular weight is 871 g/mol. The zero-order valence-electron chi connectivity index (χ0n) is 37.6. The highest BCUT2D eigenvalue weighted by Crippen LogP contribution is 2.46. The number of rotatable bonds is 8. The second-order valence-electron chi connectivity index (χ2n) is 18.0. The van der Waals surface area contributed by atoms with Gasteiger partial charge in [-0.2, -0.15) is 0 Å². The predicted octanol–water partition coefficient (Wildman–Crippen LogP) is 17.6. The van der Waals surface area contributed by atoms with Crippen molar-refractivity contribution in [2.75, 3.05) is 4.90 Å². The van der Waals surface area contributed by atoms with Crippen molar-refractivity contribution in [2.24, 2.45) is 5.92 Å². The molecular weight excluding hydrogens is 825 g/mol. The molecular formula is C65H46N2O. The second-order valence-corrected chi connectivity index (χ2v) is 18.0. The minimum absolute atomic E-state index is 0.0113. The second kappa shape index (κ2) is 16.3. The first-order valence-electron chi connectivity index (χ1n) is 23.6. The van der Waals surface area contributed by atoms with E-state index in [-0.39, 0.29) is 12.0 Å². The Morgan fingerprint density at radius 2 is 1.07 bits per heavy atom. The number of furan rings is 1. The minimum atomic E-state index is -0.0113. The van der Waals surface area contributed by atoms with E-state index >= 15 is 0 Å². The number of allylic oxidation sites excluding steroid dienone is 2. The Balaban J connectivity index is 0.955. The summed E-state index contributed by atoms with van der Waals surface area (Å²) in [6, 6.07) is 83.8. The van der Waals surface area contributed by atoms with Crippen LogP contribution in [-0.4, -0.2) is 10.6 Å². The van der Waals surface area contributed by atoms with E-state index in [0.717, 1.165) is 39.0 Å². The lowest BCUT2D eigenvalue weighted by molar-refractivity contribution is 0.625. The highest BCUT2D eigenvalue weighted by molar-refractivity contribution is 6.11. The molecule has 0 radical (unpaired) electrons. The molecule has 12 aromatic rings. The first-order chi connectivity index (χ1) is 33.7. The Morgan fingerprint density at radius 3 is 1.91 bits per heavy atom. The van der Waals surface area contributed by atoms with Gasteiger partial charge in [0.05, 0.1) is 17.1 Å². The van der Waals surface area contributed by atoms with E-state index in [0.29, 0.717) is 0 Å². The lowest BCUT2D eigenvalue weighted by Gasteiger charge is -2.39. The molecule has 322 valence electrons. The Bertz CT molecular complexity index is 3920. The summed E-state index contributed by atoms with van der Waals surface area (Å²) in [5, 5.41) is 7.25. The molecule has 3 nitrogen and oxygen atoms in total. The van der Waals surface area contributed by atoms with Crippen molar-refractivity contribution in [1.82, 2.24) is 4.57 Å². The molecule has 1 aliphatic carbocycles. The Labute approximate surface area is 395 Å². The van der Waals surface area contributed by atoms with Gasteiger partial charge in [0.15, 0.2) is 0 Å². The van der Waals surface area contributed by atoms with Crippen LogP contribution in [0, 0.1) is 5.92 Å². The number of hydrogen-bond donors (Lipinski definition) is 0. The van der Waals surface area contributed by atoms with Crippen LogP contribution in [0.25, 0.3) is 99.2 Å². The van der Waals surface area contributed by atoms with Gasteiger partial charge >= 0.3 is 0 Å². The van der Waals surface area contributed by atoms with Crippen LogP contribution in [-0.2, 0) is 0 Å². The third-order valence-electron chi connectivity index (χ3n) is 14.2. The summed E-state index contributed by atoms with van der Waals surface area (Å²) in [5.41, 5.74) is 17.4. The Kier molecular flexibility index (Phi) is 9.54. The van der Waals surface area contributed by atoms with Gasteiger partial charge in [-0.05, 0) is 116 Å². The van der Waals surface area contributed by atoms with Gasteiger partial charge in [-0.1, -0.05) is 189 Å². The number of fused-ring (bicyclic) bond motifs is 7. The van der Waals surface area contributed by atoms with Crippen molar-refractivity contribution in [2.45, 2.75) is 13.0 Å². The van der Waals surface area contributed by atoms with Crippen molar-refractivity contribution in [3.8, 4) is 39.1 Å². The summed E-state index contributed by atoms with van der Waals surface area (Å²) in [4.78, 5) is 2.58. The highest BCUT2D eigenvalue weighted by atomic mass is 16.3.